The number of hydrogen-bond acceptors (Lipinski definition) is 3. The van der Waals surface area contributed by atoms with Crippen molar-refractivity contribution in [1.82, 2.24) is 4.90 Å². The van der Waals surface area contributed by atoms with Gasteiger partial charge in [0.1, 0.15) is 11.6 Å². The van der Waals surface area contributed by atoms with Crippen LogP contribution in [0.3, 0.4) is 0 Å². The van der Waals surface area contributed by atoms with Crippen molar-refractivity contribution in [1.29, 1.82) is 0 Å². The van der Waals surface area contributed by atoms with Gasteiger partial charge < -0.3 is 14.7 Å². The maximum absolute atomic E-state index is 14.4. The fourth-order valence-corrected chi connectivity index (χ4v) is 4.81. The molecular weight excluding hydrogens is 344 g/mol. The van der Waals surface area contributed by atoms with Crippen molar-refractivity contribution in [3.63, 3.8) is 0 Å². The number of rotatable bonds is 3. The number of amides is 1. The highest BCUT2D eigenvalue weighted by Gasteiger charge is 2.58. The predicted octanol–water partition coefficient (Wildman–Crippen LogP) is 2.34. The number of aliphatic carboxylic acids is 1. The Hall–Kier alpha value is -2.02. The summed E-state index contributed by atoms with van der Waals surface area (Å²) in [6.45, 7) is 0.963. The lowest BCUT2D eigenvalue weighted by atomic mass is 9.63. The Labute approximate surface area is 149 Å². The molecule has 140 valence electrons. The number of carbonyl (C=O) groups is 2. The van der Waals surface area contributed by atoms with Crippen LogP contribution >= 0.6 is 0 Å². The van der Waals surface area contributed by atoms with Crippen molar-refractivity contribution in [2.75, 3.05) is 26.3 Å². The fraction of sp³-hybridized carbons (Fsp3) is 0.579. The van der Waals surface area contributed by atoms with E-state index < -0.39 is 28.4 Å². The second kappa shape index (κ2) is 6.01. The Morgan fingerprint density at radius 3 is 2.42 bits per heavy atom. The van der Waals surface area contributed by atoms with Gasteiger partial charge >= 0.3 is 5.97 Å². The SMILES string of the molecule is O=C(N1C[C@H]2COCC[C@@]2(C(=O)O)C1)C1(c2c(F)cccc2F)CCC1. The lowest BCUT2D eigenvalue weighted by molar-refractivity contribution is -0.157. The standard InChI is InChI=1S/C19H21F2NO4/c20-13-3-1-4-14(21)15(13)18(5-2-6-18)16(23)22-9-12-10-26-8-7-19(12,11-22)17(24)25/h1,3-4,12H,2,5-11H2,(H,24,25)/t12-,19+/m0/s1. The summed E-state index contributed by atoms with van der Waals surface area (Å²) < 4.78 is 34.2. The zero-order valence-electron chi connectivity index (χ0n) is 14.3. The van der Waals surface area contributed by atoms with Crippen molar-refractivity contribution in [3.8, 4) is 0 Å². The average Bonchev–Trinajstić information content (AvgIpc) is 2.97. The molecule has 26 heavy (non-hydrogen) atoms. The monoisotopic (exact) mass is 365 g/mol. The minimum atomic E-state index is -1.22. The molecule has 2 atom stereocenters. The number of ether oxygens (including phenoxy) is 1. The molecule has 1 saturated carbocycles. The van der Waals surface area contributed by atoms with Gasteiger partial charge in [-0.2, -0.15) is 0 Å². The van der Waals surface area contributed by atoms with E-state index in [4.69, 9.17) is 4.74 Å². The van der Waals surface area contributed by atoms with Crippen molar-refractivity contribution >= 4 is 11.9 Å². The van der Waals surface area contributed by atoms with Gasteiger partial charge in [-0.25, -0.2) is 8.78 Å². The Kier molecular flexibility index (Phi) is 4.02. The molecule has 0 aromatic heterocycles. The maximum atomic E-state index is 14.4. The molecule has 3 fully saturated rings. The first-order valence-electron chi connectivity index (χ1n) is 8.96. The highest BCUT2D eigenvalue weighted by Crippen LogP contribution is 2.50. The summed E-state index contributed by atoms with van der Waals surface area (Å²) in [7, 11) is 0. The molecule has 0 spiro atoms. The first-order chi connectivity index (χ1) is 12.4. The topological polar surface area (TPSA) is 66.8 Å². The Balaban J connectivity index is 1.68. The van der Waals surface area contributed by atoms with Crippen molar-refractivity contribution < 1.29 is 28.2 Å². The van der Waals surface area contributed by atoms with E-state index in [0.29, 0.717) is 32.3 Å². The summed E-state index contributed by atoms with van der Waals surface area (Å²) in [5.41, 5.74) is -2.41. The van der Waals surface area contributed by atoms with Crippen LogP contribution in [0.25, 0.3) is 0 Å². The third-order valence-corrected chi connectivity index (χ3v) is 6.48. The van der Waals surface area contributed by atoms with Gasteiger partial charge in [0.05, 0.1) is 17.4 Å². The number of likely N-dealkylation sites (tertiary alicyclic amines) is 1. The number of halogens is 2. The highest BCUT2D eigenvalue weighted by molar-refractivity contribution is 5.91. The molecule has 7 heteroatoms. The summed E-state index contributed by atoms with van der Waals surface area (Å²) in [6.07, 6.45) is 1.81. The summed E-state index contributed by atoms with van der Waals surface area (Å²) in [6, 6.07) is 3.62. The molecule has 1 aliphatic carbocycles. The first kappa shape index (κ1) is 17.4. The zero-order chi connectivity index (χ0) is 18.5. The molecule has 2 saturated heterocycles. The molecule has 0 bridgehead atoms. The number of nitrogens with zero attached hydrogens (tertiary/aromatic N) is 1. The number of fused-ring (bicyclic) bond motifs is 1. The molecule has 2 aliphatic heterocycles. The van der Waals surface area contributed by atoms with Gasteiger partial charge in [0.15, 0.2) is 0 Å². The molecule has 0 unspecified atom stereocenters. The van der Waals surface area contributed by atoms with Gasteiger partial charge in [-0.15, -0.1) is 0 Å². The van der Waals surface area contributed by atoms with Gasteiger partial charge in [-0.3, -0.25) is 9.59 Å². The van der Waals surface area contributed by atoms with Gasteiger partial charge in [-0.05, 0) is 31.4 Å². The van der Waals surface area contributed by atoms with Gasteiger partial charge in [0.2, 0.25) is 5.91 Å². The van der Waals surface area contributed by atoms with Gasteiger partial charge in [0, 0.05) is 31.2 Å². The third kappa shape index (κ3) is 2.29. The number of carboxylic acids is 1. The lowest BCUT2D eigenvalue weighted by Crippen LogP contribution is -2.52. The summed E-state index contributed by atoms with van der Waals surface area (Å²) in [4.78, 5) is 26.7. The minimum Gasteiger partial charge on any atom is -0.481 e. The fourth-order valence-electron chi connectivity index (χ4n) is 4.81. The Morgan fingerprint density at radius 1 is 1.19 bits per heavy atom. The lowest BCUT2D eigenvalue weighted by Gasteiger charge is -2.43. The molecule has 2 heterocycles. The highest BCUT2D eigenvalue weighted by atomic mass is 19.1. The van der Waals surface area contributed by atoms with Crippen LogP contribution in [0, 0.1) is 23.0 Å². The van der Waals surface area contributed by atoms with Crippen molar-refractivity contribution in [3.05, 3.63) is 35.4 Å². The van der Waals surface area contributed by atoms with Crippen LogP contribution in [0.1, 0.15) is 31.2 Å². The van der Waals surface area contributed by atoms with Crippen LogP contribution in [0.15, 0.2) is 18.2 Å². The molecule has 4 rings (SSSR count). The predicted molar refractivity (Wildman–Crippen MR) is 87.5 cm³/mol. The smallest absolute Gasteiger partial charge is 0.311 e. The number of carbonyl (C=O) groups excluding carboxylic acids is 1. The Morgan fingerprint density at radius 2 is 1.88 bits per heavy atom. The van der Waals surface area contributed by atoms with E-state index in [1.165, 1.54) is 23.1 Å². The minimum absolute atomic E-state index is 0.0764. The average molecular weight is 365 g/mol. The molecule has 1 N–H and O–H groups in total. The normalized spacial score (nSPS) is 29.8. The molecule has 1 aromatic carbocycles. The van der Waals surface area contributed by atoms with Gasteiger partial charge in [-0.1, -0.05) is 12.5 Å². The van der Waals surface area contributed by atoms with Crippen LogP contribution in [0.2, 0.25) is 0 Å². The van der Waals surface area contributed by atoms with Crippen LogP contribution < -0.4 is 0 Å². The van der Waals surface area contributed by atoms with Crippen LogP contribution in [-0.2, 0) is 19.7 Å². The third-order valence-electron chi connectivity index (χ3n) is 6.48. The van der Waals surface area contributed by atoms with Crippen molar-refractivity contribution in [2.45, 2.75) is 31.1 Å². The second-order valence-corrected chi connectivity index (χ2v) is 7.70. The molecule has 0 radical (unpaired) electrons. The molecule has 3 aliphatic rings. The summed E-state index contributed by atoms with van der Waals surface area (Å²) in [5, 5.41) is 9.76. The summed E-state index contributed by atoms with van der Waals surface area (Å²) >= 11 is 0. The van der Waals surface area contributed by atoms with E-state index in [2.05, 4.69) is 0 Å². The van der Waals surface area contributed by atoms with E-state index in [-0.39, 0.29) is 37.1 Å². The molecule has 5 nitrogen and oxygen atoms in total. The first-order valence-corrected chi connectivity index (χ1v) is 8.96. The van der Waals surface area contributed by atoms with Crippen molar-refractivity contribution in [2.24, 2.45) is 11.3 Å². The number of benzene rings is 1. The second-order valence-electron chi connectivity index (χ2n) is 7.70. The molecule has 1 amide bonds. The zero-order valence-corrected chi connectivity index (χ0v) is 14.3. The van der Waals surface area contributed by atoms with E-state index in [0.717, 1.165) is 0 Å². The molecule has 1 aromatic rings. The van der Waals surface area contributed by atoms with E-state index in [1.807, 2.05) is 0 Å². The number of carboxylic acid groups (broad SMARTS) is 1. The quantitative estimate of drug-likeness (QED) is 0.893. The van der Waals surface area contributed by atoms with E-state index in [9.17, 15) is 23.5 Å². The van der Waals surface area contributed by atoms with E-state index in [1.54, 1.807) is 0 Å². The molecular formula is C19H21F2NO4. The van der Waals surface area contributed by atoms with E-state index >= 15 is 0 Å². The van der Waals surface area contributed by atoms with Crippen LogP contribution in [0.4, 0.5) is 8.78 Å². The van der Waals surface area contributed by atoms with Gasteiger partial charge in [0.25, 0.3) is 0 Å². The van der Waals surface area contributed by atoms with Crippen LogP contribution in [-0.4, -0.2) is 48.2 Å². The Bertz CT molecular complexity index is 744. The maximum Gasteiger partial charge on any atom is 0.311 e. The largest absolute Gasteiger partial charge is 0.481 e. The number of hydrogen-bond donors (Lipinski definition) is 1. The van der Waals surface area contributed by atoms with Crippen LogP contribution in [0.5, 0.6) is 0 Å². The summed E-state index contributed by atoms with van der Waals surface area (Å²) in [5.74, 6) is -3.01.